The normalized spacial score (nSPS) is 22.9. The van der Waals surface area contributed by atoms with E-state index in [0.29, 0.717) is 35.9 Å². The Morgan fingerprint density at radius 2 is 2.35 bits per heavy atom. The van der Waals surface area contributed by atoms with Crippen molar-refractivity contribution in [1.82, 2.24) is 4.90 Å². The minimum Gasteiger partial charge on any atom is -0.399 e. The Labute approximate surface area is 123 Å². The fourth-order valence-corrected chi connectivity index (χ4v) is 2.57. The molecule has 1 atom stereocenters. The Hall–Kier alpha value is -1.30. The summed E-state index contributed by atoms with van der Waals surface area (Å²) in [6.07, 6.45) is 1.12. The molecule has 110 valence electrons. The lowest BCUT2D eigenvalue weighted by atomic mass is 10.1. The number of hydrogen-bond acceptors (Lipinski definition) is 4. The van der Waals surface area contributed by atoms with Gasteiger partial charge in [0.05, 0.1) is 16.3 Å². The molecule has 0 aromatic heterocycles. The summed E-state index contributed by atoms with van der Waals surface area (Å²) in [6.45, 7) is 3.89. The number of nitrogens with zero attached hydrogens (tertiary/aromatic N) is 1. The van der Waals surface area contributed by atoms with Crippen molar-refractivity contribution in [1.29, 1.82) is 0 Å². The lowest BCUT2D eigenvalue weighted by molar-refractivity contribution is -0.116. The monoisotopic (exact) mass is 297 g/mol. The quantitative estimate of drug-likeness (QED) is 0.739. The van der Waals surface area contributed by atoms with Crippen molar-refractivity contribution in [2.45, 2.75) is 25.4 Å². The van der Waals surface area contributed by atoms with Crippen LogP contribution in [0.25, 0.3) is 0 Å². The number of likely N-dealkylation sites (tertiary alicyclic amines) is 1. The Kier molecular flexibility index (Phi) is 4.52. The number of benzene rings is 1. The average molecular weight is 298 g/mol. The summed E-state index contributed by atoms with van der Waals surface area (Å²) in [4.78, 5) is 14.0. The molecule has 1 saturated heterocycles. The maximum Gasteiger partial charge on any atom is 0.225 e. The zero-order valence-corrected chi connectivity index (χ0v) is 12.3. The highest BCUT2D eigenvalue weighted by molar-refractivity contribution is 6.34. The number of carbonyl (C=O) groups is 1. The fourth-order valence-electron chi connectivity index (χ4n) is 2.33. The molecule has 1 unspecified atom stereocenters. The minimum atomic E-state index is -0.628. The molecular formula is C14H20ClN3O2. The van der Waals surface area contributed by atoms with Crippen molar-refractivity contribution in [3.05, 3.63) is 23.2 Å². The van der Waals surface area contributed by atoms with E-state index in [1.54, 1.807) is 18.2 Å². The molecule has 1 heterocycles. The van der Waals surface area contributed by atoms with E-state index in [4.69, 9.17) is 17.3 Å². The van der Waals surface area contributed by atoms with Crippen LogP contribution in [0.4, 0.5) is 11.4 Å². The molecule has 0 bridgehead atoms. The molecule has 1 aromatic rings. The van der Waals surface area contributed by atoms with Crippen molar-refractivity contribution in [3.63, 3.8) is 0 Å². The predicted octanol–water partition coefficient (Wildman–Crippen LogP) is 1.71. The number of β-amino-alcohol motifs (C(OH)–C–C–N with tert-alkyl or cyclic N) is 1. The van der Waals surface area contributed by atoms with Crippen LogP contribution in [0, 0.1) is 0 Å². The number of amides is 1. The van der Waals surface area contributed by atoms with Crippen molar-refractivity contribution < 1.29 is 9.90 Å². The lowest BCUT2D eigenvalue weighted by Gasteiger charge is -2.18. The Morgan fingerprint density at radius 3 is 2.95 bits per heavy atom. The maximum atomic E-state index is 11.9. The summed E-state index contributed by atoms with van der Waals surface area (Å²) in [6, 6.07) is 4.99. The number of anilines is 2. The van der Waals surface area contributed by atoms with Crippen molar-refractivity contribution in [3.8, 4) is 0 Å². The van der Waals surface area contributed by atoms with Crippen LogP contribution < -0.4 is 11.1 Å². The van der Waals surface area contributed by atoms with Crippen molar-refractivity contribution in [2.75, 3.05) is 30.7 Å². The molecule has 1 aromatic carbocycles. The number of nitrogens with one attached hydrogen (secondary N) is 1. The molecule has 6 heteroatoms. The number of rotatable bonds is 4. The lowest BCUT2D eigenvalue weighted by Crippen LogP contribution is -2.31. The fraction of sp³-hybridized carbons (Fsp3) is 0.500. The second kappa shape index (κ2) is 5.99. The summed E-state index contributed by atoms with van der Waals surface area (Å²) in [7, 11) is 0. The van der Waals surface area contributed by atoms with E-state index in [1.165, 1.54) is 0 Å². The van der Waals surface area contributed by atoms with Gasteiger partial charge < -0.3 is 16.2 Å². The number of hydrogen-bond donors (Lipinski definition) is 3. The topological polar surface area (TPSA) is 78.6 Å². The number of nitrogens with two attached hydrogens (primary N) is 1. The molecule has 1 amide bonds. The highest BCUT2D eigenvalue weighted by atomic mass is 35.5. The molecule has 20 heavy (non-hydrogen) atoms. The van der Waals surface area contributed by atoms with Gasteiger partial charge in [-0.05, 0) is 31.5 Å². The van der Waals surface area contributed by atoms with Crippen LogP contribution in [0.1, 0.15) is 19.8 Å². The molecule has 0 saturated carbocycles. The van der Waals surface area contributed by atoms with E-state index >= 15 is 0 Å². The van der Waals surface area contributed by atoms with Crippen LogP contribution >= 0.6 is 11.6 Å². The third-order valence-corrected chi connectivity index (χ3v) is 3.77. The van der Waals surface area contributed by atoms with E-state index in [2.05, 4.69) is 10.2 Å². The molecule has 4 N–H and O–H groups in total. The smallest absolute Gasteiger partial charge is 0.225 e. The predicted molar refractivity (Wildman–Crippen MR) is 80.8 cm³/mol. The number of aliphatic hydroxyl groups is 1. The van der Waals surface area contributed by atoms with Crippen LogP contribution in [0.2, 0.25) is 5.02 Å². The number of nitrogen functional groups attached to an aromatic ring is 1. The molecule has 0 aliphatic carbocycles. The van der Waals surface area contributed by atoms with Crippen LogP contribution in [0.15, 0.2) is 18.2 Å². The van der Waals surface area contributed by atoms with E-state index in [9.17, 15) is 9.90 Å². The van der Waals surface area contributed by atoms with Gasteiger partial charge in [0.25, 0.3) is 0 Å². The second-order valence-electron chi connectivity index (χ2n) is 5.56. The summed E-state index contributed by atoms with van der Waals surface area (Å²) in [5.41, 5.74) is 6.10. The molecule has 1 aliphatic heterocycles. The highest BCUT2D eigenvalue weighted by Gasteiger charge is 2.30. The number of carbonyl (C=O) groups excluding carboxylic acids is 1. The standard InChI is InChI=1S/C14H20ClN3O2/c1-14(20)5-7-18(9-14)6-4-13(19)17-12-3-2-10(16)8-11(12)15/h2-3,8,20H,4-7,9,16H2,1H3,(H,17,19). The van der Waals surface area contributed by atoms with Gasteiger partial charge in [-0.25, -0.2) is 0 Å². The first-order valence-corrected chi connectivity index (χ1v) is 7.03. The van der Waals surface area contributed by atoms with E-state index < -0.39 is 5.60 Å². The SMILES string of the molecule is CC1(O)CCN(CCC(=O)Nc2ccc(N)cc2Cl)C1. The van der Waals surface area contributed by atoms with Gasteiger partial charge in [-0.2, -0.15) is 0 Å². The van der Waals surface area contributed by atoms with Gasteiger partial charge in [0, 0.05) is 31.7 Å². The molecule has 1 aliphatic rings. The molecule has 2 rings (SSSR count). The Morgan fingerprint density at radius 1 is 1.60 bits per heavy atom. The van der Waals surface area contributed by atoms with E-state index in [-0.39, 0.29) is 5.91 Å². The van der Waals surface area contributed by atoms with Crippen LogP contribution in [0.5, 0.6) is 0 Å². The average Bonchev–Trinajstić information content (AvgIpc) is 2.70. The van der Waals surface area contributed by atoms with Gasteiger partial charge in [0.15, 0.2) is 0 Å². The first-order valence-electron chi connectivity index (χ1n) is 6.65. The van der Waals surface area contributed by atoms with Crippen LogP contribution in [0.3, 0.4) is 0 Å². The van der Waals surface area contributed by atoms with Gasteiger partial charge in [-0.3, -0.25) is 9.69 Å². The maximum absolute atomic E-state index is 11.9. The molecule has 0 spiro atoms. The summed E-state index contributed by atoms with van der Waals surface area (Å²) in [5.74, 6) is -0.0942. The van der Waals surface area contributed by atoms with Crippen LogP contribution in [-0.4, -0.2) is 41.1 Å². The Balaban J connectivity index is 1.81. The summed E-state index contributed by atoms with van der Waals surface area (Å²) < 4.78 is 0. The zero-order chi connectivity index (χ0) is 14.8. The third-order valence-electron chi connectivity index (χ3n) is 3.45. The Bertz CT molecular complexity index is 505. The largest absolute Gasteiger partial charge is 0.399 e. The minimum absolute atomic E-state index is 0.0942. The first-order chi connectivity index (χ1) is 9.35. The molecule has 0 radical (unpaired) electrons. The van der Waals surface area contributed by atoms with E-state index in [1.807, 2.05) is 6.92 Å². The molecule has 5 nitrogen and oxygen atoms in total. The van der Waals surface area contributed by atoms with Gasteiger partial charge in [-0.15, -0.1) is 0 Å². The number of halogens is 1. The van der Waals surface area contributed by atoms with Gasteiger partial charge >= 0.3 is 0 Å². The third kappa shape index (κ3) is 4.10. The van der Waals surface area contributed by atoms with Crippen molar-refractivity contribution >= 4 is 28.9 Å². The second-order valence-corrected chi connectivity index (χ2v) is 5.97. The summed E-state index contributed by atoms with van der Waals surface area (Å²) >= 11 is 6.00. The first kappa shape index (κ1) is 15.1. The van der Waals surface area contributed by atoms with Crippen LogP contribution in [-0.2, 0) is 4.79 Å². The van der Waals surface area contributed by atoms with Gasteiger partial charge in [0.2, 0.25) is 5.91 Å². The molecule has 1 fully saturated rings. The van der Waals surface area contributed by atoms with Crippen molar-refractivity contribution in [2.24, 2.45) is 0 Å². The summed E-state index contributed by atoms with van der Waals surface area (Å²) in [5, 5.41) is 13.1. The highest BCUT2D eigenvalue weighted by Crippen LogP contribution is 2.24. The van der Waals surface area contributed by atoms with Gasteiger partial charge in [-0.1, -0.05) is 11.6 Å². The van der Waals surface area contributed by atoms with Gasteiger partial charge in [0.1, 0.15) is 0 Å². The zero-order valence-electron chi connectivity index (χ0n) is 11.5. The van der Waals surface area contributed by atoms with E-state index in [0.717, 1.165) is 13.0 Å². The molecular weight excluding hydrogens is 278 g/mol.